The van der Waals surface area contributed by atoms with Crippen molar-refractivity contribution in [2.24, 2.45) is 0 Å². The molecule has 0 saturated carbocycles. The number of aliphatic hydroxyl groups excluding tert-OH is 2. The van der Waals surface area contributed by atoms with Crippen LogP contribution in [-0.2, 0) is 13.2 Å². The minimum atomic E-state index is 0.0260. The molecule has 0 atom stereocenters. The fourth-order valence-electron chi connectivity index (χ4n) is 0.945. The van der Waals surface area contributed by atoms with Crippen LogP contribution in [0.3, 0.4) is 0 Å². The first kappa shape index (κ1) is 12.4. The van der Waals surface area contributed by atoms with Crippen molar-refractivity contribution in [2.75, 3.05) is 0 Å². The molecule has 0 amide bonds. The van der Waals surface area contributed by atoms with Crippen molar-refractivity contribution in [3.63, 3.8) is 0 Å². The molecule has 72 valence electrons. The fraction of sp³-hybridized carbons (Fsp3) is 0.250. The lowest BCUT2D eigenvalue weighted by molar-refractivity contribution is 0.274. The zero-order valence-corrected chi connectivity index (χ0v) is 13.0. The van der Waals surface area contributed by atoms with Crippen LogP contribution in [0, 0.1) is 10.7 Å². The van der Waals surface area contributed by atoms with Crippen LogP contribution in [-0.4, -0.2) is 10.2 Å². The highest BCUT2D eigenvalue weighted by Gasteiger charge is 2.11. The second kappa shape index (κ2) is 5.42. The number of halogens is 3. The Morgan fingerprint density at radius 3 is 1.54 bits per heavy atom. The van der Waals surface area contributed by atoms with E-state index < -0.39 is 0 Å². The SMILES string of the molecule is OCc1cc(CO)c(I)c(I)c1I. The van der Waals surface area contributed by atoms with Gasteiger partial charge < -0.3 is 10.2 Å². The van der Waals surface area contributed by atoms with Crippen LogP contribution in [0.15, 0.2) is 6.07 Å². The van der Waals surface area contributed by atoms with Crippen molar-refractivity contribution in [1.82, 2.24) is 0 Å². The van der Waals surface area contributed by atoms with E-state index in [0.29, 0.717) is 0 Å². The molecule has 13 heavy (non-hydrogen) atoms. The number of benzene rings is 1. The Labute approximate surface area is 118 Å². The minimum absolute atomic E-state index is 0.0260. The molecule has 0 saturated heterocycles. The molecule has 0 radical (unpaired) electrons. The third kappa shape index (κ3) is 2.67. The van der Waals surface area contributed by atoms with Gasteiger partial charge in [0.1, 0.15) is 0 Å². The maximum absolute atomic E-state index is 9.06. The summed E-state index contributed by atoms with van der Waals surface area (Å²) < 4.78 is 3.25. The van der Waals surface area contributed by atoms with Crippen molar-refractivity contribution < 1.29 is 10.2 Å². The molecule has 1 aromatic rings. The number of hydrogen-bond acceptors (Lipinski definition) is 2. The molecule has 0 aliphatic carbocycles. The van der Waals surface area contributed by atoms with Crippen LogP contribution >= 0.6 is 67.8 Å². The summed E-state index contributed by atoms with van der Waals surface area (Å²) in [5.41, 5.74) is 1.77. The van der Waals surface area contributed by atoms with E-state index in [0.717, 1.165) is 21.8 Å². The van der Waals surface area contributed by atoms with Crippen LogP contribution in [0.2, 0.25) is 0 Å². The molecular formula is C8H7I3O2. The van der Waals surface area contributed by atoms with E-state index in [9.17, 15) is 0 Å². The van der Waals surface area contributed by atoms with Gasteiger partial charge in [-0.05, 0) is 85.0 Å². The highest BCUT2D eigenvalue weighted by atomic mass is 127. The molecule has 0 aliphatic rings. The molecule has 0 aliphatic heterocycles. The average molecular weight is 516 g/mol. The van der Waals surface area contributed by atoms with Crippen molar-refractivity contribution in [3.8, 4) is 0 Å². The summed E-state index contributed by atoms with van der Waals surface area (Å²) >= 11 is 6.65. The van der Waals surface area contributed by atoms with Crippen molar-refractivity contribution in [2.45, 2.75) is 13.2 Å². The predicted molar refractivity (Wildman–Crippen MR) is 76.4 cm³/mol. The normalized spacial score (nSPS) is 10.5. The summed E-state index contributed by atoms with van der Waals surface area (Å²) in [5.74, 6) is 0. The Bertz CT molecular complexity index is 297. The maximum Gasteiger partial charge on any atom is 0.0692 e. The van der Waals surface area contributed by atoms with Gasteiger partial charge in [-0.3, -0.25) is 0 Å². The summed E-state index contributed by atoms with van der Waals surface area (Å²) in [5, 5.41) is 18.1. The van der Waals surface area contributed by atoms with E-state index in [-0.39, 0.29) is 13.2 Å². The molecule has 5 heteroatoms. The molecule has 0 aromatic heterocycles. The summed E-state index contributed by atoms with van der Waals surface area (Å²) in [6, 6.07) is 1.85. The Morgan fingerprint density at radius 2 is 1.23 bits per heavy atom. The second-order valence-corrected chi connectivity index (χ2v) is 5.69. The molecule has 0 bridgehead atoms. The van der Waals surface area contributed by atoms with Gasteiger partial charge in [-0.2, -0.15) is 0 Å². The third-order valence-electron chi connectivity index (χ3n) is 1.64. The van der Waals surface area contributed by atoms with Crippen LogP contribution in [0.4, 0.5) is 0 Å². The van der Waals surface area contributed by atoms with Crippen LogP contribution in [0.5, 0.6) is 0 Å². The fourth-order valence-corrected chi connectivity index (χ4v) is 3.35. The molecule has 0 unspecified atom stereocenters. The summed E-state index contributed by atoms with van der Waals surface area (Å²) in [6.45, 7) is 0.0520. The second-order valence-electron chi connectivity index (χ2n) is 2.45. The van der Waals surface area contributed by atoms with Gasteiger partial charge in [-0.25, -0.2) is 0 Å². The molecule has 2 N–H and O–H groups in total. The molecular weight excluding hydrogens is 509 g/mol. The van der Waals surface area contributed by atoms with E-state index in [1.165, 1.54) is 0 Å². The quantitative estimate of drug-likeness (QED) is 0.469. The largest absolute Gasteiger partial charge is 0.392 e. The Kier molecular flexibility index (Phi) is 5.17. The monoisotopic (exact) mass is 516 g/mol. The summed E-state index contributed by atoms with van der Waals surface area (Å²) in [6.07, 6.45) is 0. The highest BCUT2D eigenvalue weighted by molar-refractivity contribution is 14.1. The first-order valence-corrected chi connectivity index (χ1v) is 6.72. The van der Waals surface area contributed by atoms with Gasteiger partial charge in [0.2, 0.25) is 0 Å². The average Bonchev–Trinajstić information content (AvgIpc) is 2.15. The number of rotatable bonds is 2. The lowest BCUT2D eigenvalue weighted by Gasteiger charge is -2.09. The van der Waals surface area contributed by atoms with Gasteiger partial charge in [0.25, 0.3) is 0 Å². The number of hydrogen-bond donors (Lipinski definition) is 2. The van der Waals surface area contributed by atoms with Crippen LogP contribution in [0.1, 0.15) is 11.1 Å². The van der Waals surface area contributed by atoms with Crippen LogP contribution in [0.25, 0.3) is 0 Å². The summed E-state index contributed by atoms with van der Waals surface area (Å²) in [7, 11) is 0. The number of aliphatic hydroxyl groups is 2. The van der Waals surface area contributed by atoms with E-state index in [1.807, 2.05) is 6.07 Å². The zero-order valence-electron chi connectivity index (χ0n) is 6.52. The topological polar surface area (TPSA) is 40.5 Å². The Hall–Kier alpha value is 1.33. The third-order valence-corrected chi connectivity index (χ3v) is 7.25. The Balaban J connectivity index is 3.36. The lowest BCUT2D eigenvalue weighted by Crippen LogP contribution is -2.00. The van der Waals surface area contributed by atoms with Gasteiger partial charge >= 0.3 is 0 Å². The summed E-state index contributed by atoms with van der Waals surface area (Å²) in [4.78, 5) is 0. The molecule has 1 aromatic carbocycles. The van der Waals surface area contributed by atoms with E-state index in [4.69, 9.17) is 10.2 Å². The maximum atomic E-state index is 9.06. The van der Waals surface area contributed by atoms with Crippen molar-refractivity contribution in [1.29, 1.82) is 0 Å². The van der Waals surface area contributed by atoms with Crippen LogP contribution < -0.4 is 0 Å². The van der Waals surface area contributed by atoms with Gasteiger partial charge in [0.15, 0.2) is 0 Å². The first-order chi connectivity index (χ1) is 6.11. The van der Waals surface area contributed by atoms with Crippen molar-refractivity contribution in [3.05, 3.63) is 27.9 Å². The molecule has 0 spiro atoms. The highest BCUT2D eigenvalue weighted by Crippen LogP contribution is 2.28. The molecule has 0 fully saturated rings. The Morgan fingerprint density at radius 1 is 0.846 bits per heavy atom. The van der Waals surface area contributed by atoms with Gasteiger partial charge in [0.05, 0.1) is 13.2 Å². The van der Waals surface area contributed by atoms with Gasteiger partial charge in [-0.1, -0.05) is 0 Å². The van der Waals surface area contributed by atoms with E-state index >= 15 is 0 Å². The van der Waals surface area contributed by atoms with Crippen molar-refractivity contribution >= 4 is 67.8 Å². The molecule has 1 rings (SSSR count). The van der Waals surface area contributed by atoms with Gasteiger partial charge in [-0.15, -0.1) is 0 Å². The first-order valence-electron chi connectivity index (χ1n) is 3.48. The van der Waals surface area contributed by atoms with Gasteiger partial charge in [0, 0.05) is 10.7 Å². The predicted octanol–water partition coefficient (Wildman–Crippen LogP) is 2.49. The van der Waals surface area contributed by atoms with E-state index in [2.05, 4.69) is 67.8 Å². The minimum Gasteiger partial charge on any atom is -0.392 e. The smallest absolute Gasteiger partial charge is 0.0692 e. The van der Waals surface area contributed by atoms with E-state index in [1.54, 1.807) is 0 Å². The molecule has 2 nitrogen and oxygen atoms in total. The lowest BCUT2D eigenvalue weighted by atomic mass is 10.1. The zero-order chi connectivity index (χ0) is 10.0. The standard InChI is InChI=1S/C8H7I3O2/c9-6-4(2-12)1-5(3-13)7(10)8(6)11/h1,12-13H,2-3H2. The molecule has 0 heterocycles.